The van der Waals surface area contributed by atoms with E-state index in [9.17, 15) is 4.79 Å². The van der Waals surface area contributed by atoms with Gasteiger partial charge in [-0.3, -0.25) is 4.79 Å². The van der Waals surface area contributed by atoms with Crippen LogP contribution >= 0.6 is 0 Å². The van der Waals surface area contributed by atoms with E-state index in [1.807, 2.05) is 60.4 Å². The van der Waals surface area contributed by atoms with Crippen LogP contribution in [0.5, 0.6) is 5.75 Å². The van der Waals surface area contributed by atoms with E-state index in [0.717, 1.165) is 43.3 Å². The summed E-state index contributed by atoms with van der Waals surface area (Å²) in [6.45, 7) is 4.99. The van der Waals surface area contributed by atoms with E-state index in [-0.39, 0.29) is 5.91 Å². The van der Waals surface area contributed by atoms with Crippen molar-refractivity contribution < 1.29 is 14.3 Å². The van der Waals surface area contributed by atoms with Crippen molar-refractivity contribution in [3.63, 3.8) is 0 Å². The number of hydrogen-bond acceptors (Lipinski definition) is 4. The Morgan fingerprint density at radius 3 is 2.65 bits per heavy atom. The van der Waals surface area contributed by atoms with E-state index in [1.165, 1.54) is 0 Å². The second-order valence-corrected chi connectivity index (χ2v) is 6.47. The standard InChI is InChI=1S/C21H26N2O3/c1-3-23(14-16-12-13-26-15-16)21(24)19-6-4-5-7-20(19)22-17-8-10-18(25-2)11-9-17/h4-11,16,22H,3,12-15H2,1-2H3/t16-/m1/s1. The van der Waals surface area contributed by atoms with Crippen LogP contribution in [0.15, 0.2) is 48.5 Å². The molecule has 138 valence electrons. The first kappa shape index (κ1) is 18.3. The summed E-state index contributed by atoms with van der Waals surface area (Å²) in [5.41, 5.74) is 2.41. The van der Waals surface area contributed by atoms with Gasteiger partial charge in [0.1, 0.15) is 5.75 Å². The monoisotopic (exact) mass is 354 g/mol. The molecule has 0 spiro atoms. The Kier molecular flexibility index (Phi) is 6.12. The highest BCUT2D eigenvalue weighted by Gasteiger charge is 2.23. The molecule has 5 nitrogen and oxygen atoms in total. The van der Waals surface area contributed by atoms with Crippen LogP contribution in [-0.4, -0.2) is 44.2 Å². The van der Waals surface area contributed by atoms with Gasteiger partial charge in [-0.15, -0.1) is 0 Å². The number of amides is 1. The molecule has 2 aromatic carbocycles. The van der Waals surface area contributed by atoms with Gasteiger partial charge in [0.25, 0.3) is 5.91 Å². The Morgan fingerprint density at radius 2 is 2.00 bits per heavy atom. The Hall–Kier alpha value is -2.53. The van der Waals surface area contributed by atoms with Gasteiger partial charge in [0, 0.05) is 31.3 Å². The van der Waals surface area contributed by atoms with Gasteiger partial charge in [-0.25, -0.2) is 0 Å². The first-order valence-electron chi connectivity index (χ1n) is 9.08. The van der Waals surface area contributed by atoms with Crippen molar-refractivity contribution in [3.05, 3.63) is 54.1 Å². The predicted molar refractivity (Wildman–Crippen MR) is 103 cm³/mol. The first-order valence-corrected chi connectivity index (χ1v) is 9.08. The fourth-order valence-electron chi connectivity index (χ4n) is 3.17. The summed E-state index contributed by atoms with van der Waals surface area (Å²) in [5, 5.41) is 3.35. The number of ether oxygens (including phenoxy) is 2. The third kappa shape index (κ3) is 4.35. The fraction of sp³-hybridized carbons (Fsp3) is 0.381. The number of para-hydroxylation sites is 1. The molecule has 26 heavy (non-hydrogen) atoms. The lowest BCUT2D eigenvalue weighted by Gasteiger charge is -2.25. The summed E-state index contributed by atoms with van der Waals surface area (Å²) in [7, 11) is 1.64. The highest BCUT2D eigenvalue weighted by atomic mass is 16.5. The zero-order chi connectivity index (χ0) is 18.4. The molecule has 1 heterocycles. The van der Waals surface area contributed by atoms with Gasteiger partial charge in [-0.1, -0.05) is 12.1 Å². The number of hydrogen-bond donors (Lipinski definition) is 1. The Balaban J connectivity index is 1.76. The van der Waals surface area contributed by atoms with Crippen molar-refractivity contribution in [2.24, 2.45) is 5.92 Å². The maximum absolute atomic E-state index is 13.1. The zero-order valence-electron chi connectivity index (χ0n) is 15.4. The molecular formula is C21H26N2O3. The van der Waals surface area contributed by atoms with Crippen LogP contribution in [0.25, 0.3) is 0 Å². The van der Waals surface area contributed by atoms with E-state index < -0.39 is 0 Å². The fourth-order valence-corrected chi connectivity index (χ4v) is 3.17. The van der Waals surface area contributed by atoms with Gasteiger partial charge in [0.05, 0.1) is 25.0 Å². The topological polar surface area (TPSA) is 50.8 Å². The number of anilines is 2. The SMILES string of the molecule is CCN(C[C@H]1CCOC1)C(=O)c1ccccc1Nc1ccc(OC)cc1. The van der Waals surface area contributed by atoms with E-state index in [2.05, 4.69) is 5.32 Å². The van der Waals surface area contributed by atoms with Crippen LogP contribution < -0.4 is 10.1 Å². The number of benzene rings is 2. The van der Waals surface area contributed by atoms with Gasteiger partial charge >= 0.3 is 0 Å². The molecule has 2 aromatic rings. The Bertz CT molecular complexity index is 724. The molecule has 0 radical (unpaired) electrons. The minimum Gasteiger partial charge on any atom is -0.497 e. The molecule has 0 saturated carbocycles. The van der Waals surface area contributed by atoms with Gasteiger partial charge in [0.15, 0.2) is 0 Å². The molecule has 0 bridgehead atoms. The quantitative estimate of drug-likeness (QED) is 0.818. The minimum absolute atomic E-state index is 0.0519. The number of nitrogens with one attached hydrogen (secondary N) is 1. The molecule has 0 unspecified atom stereocenters. The lowest BCUT2D eigenvalue weighted by atomic mass is 10.1. The van der Waals surface area contributed by atoms with E-state index >= 15 is 0 Å². The summed E-state index contributed by atoms with van der Waals surface area (Å²) in [4.78, 5) is 15.0. The normalized spacial score (nSPS) is 16.3. The zero-order valence-corrected chi connectivity index (χ0v) is 15.4. The lowest BCUT2D eigenvalue weighted by molar-refractivity contribution is 0.0732. The highest BCUT2D eigenvalue weighted by molar-refractivity contribution is 6.00. The van der Waals surface area contributed by atoms with Crippen molar-refractivity contribution >= 4 is 17.3 Å². The number of carbonyl (C=O) groups excluding carboxylic acids is 1. The molecule has 1 aliphatic rings. The molecule has 1 N–H and O–H groups in total. The first-order chi connectivity index (χ1) is 12.7. The molecule has 1 saturated heterocycles. The second-order valence-electron chi connectivity index (χ2n) is 6.47. The maximum Gasteiger partial charge on any atom is 0.255 e. The summed E-state index contributed by atoms with van der Waals surface area (Å²) >= 11 is 0. The van der Waals surface area contributed by atoms with Gasteiger partial charge in [-0.05, 0) is 49.7 Å². The molecule has 1 amide bonds. The molecule has 5 heteroatoms. The molecule has 3 rings (SSSR count). The molecule has 0 aliphatic carbocycles. The molecule has 0 aromatic heterocycles. The lowest BCUT2D eigenvalue weighted by Crippen LogP contribution is -2.35. The van der Waals surface area contributed by atoms with Gasteiger partial charge in [0.2, 0.25) is 0 Å². The predicted octanol–water partition coefficient (Wildman–Crippen LogP) is 3.94. The van der Waals surface area contributed by atoms with Crippen LogP contribution in [0, 0.1) is 5.92 Å². The molecule has 1 fully saturated rings. The van der Waals surface area contributed by atoms with Crippen molar-refractivity contribution in [3.8, 4) is 5.75 Å². The van der Waals surface area contributed by atoms with Crippen LogP contribution in [0.3, 0.4) is 0 Å². The van der Waals surface area contributed by atoms with Crippen molar-refractivity contribution in [2.45, 2.75) is 13.3 Å². The third-order valence-corrected chi connectivity index (χ3v) is 4.70. The number of carbonyl (C=O) groups is 1. The summed E-state index contributed by atoms with van der Waals surface area (Å²) in [6.07, 6.45) is 1.02. The van der Waals surface area contributed by atoms with Crippen LogP contribution in [-0.2, 0) is 4.74 Å². The third-order valence-electron chi connectivity index (χ3n) is 4.70. The van der Waals surface area contributed by atoms with Crippen molar-refractivity contribution in [1.82, 2.24) is 4.90 Å². The summed E-state index contributed by atoms with van der Waals surface area (Å²) in [5.74, 6) is 1.28. The second kappa shape index (κ2) is 8.72. The van der Waals surface area contributed by atoms with E-state index in [1.54, 1.807) is 7.11 Å². The highest BCUT2D eigenvalue weighted by Crippen LogP contribution is 2.25. The van der Waals surface area contributed by atoms with E-state index in [0.29, 0.717) is 18.0 Å². The number of methoxy groups -OCH3 is 1. The number of nitrogens with zero attached hydrogens (tertiary/aromatic N) is 1. The Morgan fingerprint density at radius 1 is 1.23 bits per heavy atom. The van der Waals surface area contributed by atoms with Crippen LogP contribution in [0.1, 0.15) is 23.7 Å². The molecule has 1 aliphatic heterocycles. The van der Waals surface area contributed by atoms with Gasteiger partial charge < -0.3 is 19.7 Å². The minimum atomic E-state index is 0.0519. The summed E-state index contributed by atoms with van der Waals surface area (Å²) < 4.78 is 10.6. The van der Waals surface area contributed by atoms with Gasteiger partial charge in [-0.2, -0.15) is 0 Å². The van der Waals surface area contributed by atoms with Crippen LogP contribution in [0.4, 0.5) is 11.4 Å². The number of rotatable bonds is 7. The average Bonchev–Trinajstić information content (AvgIpc) is 3.20. The largest absolute Gasteiger partial charge is 0.497 e. The average molecular weight is 354 g/mol. The van der Waals surface area contributed by atoms with Crippen molar-refractivity contribution in [1.29, 1.82) is 0 Å². The van der Waals surface area contributed by atoms with Crippen molar-refractivity contribution in [2.75, 3.05) is 38.7 Å². The summed E-state index contributed by atoms with van der Waals surface area (Å²) in [6, 6.07) is 15.3. The maximum atomic E-state index is 13.1. The molecule has 1 atom stereocenters. The smallest absolute Gasteiger partial charge is 0.255 e. The van der Waals surface area contributed by atoms with E-state index in [4.69, 9.17) is 9.47 Å². The van der Waals surface area contributed by atoms with Crippen LogP contribution in [0.2, 0.25) is 0 Å². The Labute approximate surface area is 154 Å². The molecular weight excluding hydrogens is 328 g/mol.